The summed E-state index contributed by atoms with van der Waals surface area (Å²) in [6, 6.07) is 11.9. The average Bonchev–Trinajstić information content (AvgIpc) is 2.79. The third kappa shape index (κ3) is 3.60. The van der Waals surface area contributed by atoms with Gasteiger partial charge in [0.15, 0.2) is 0 Å². The van der Waals surface area contributed by atoms with Crippen LogP contribution >= 0.6 is 0 Å². The Labute approximate surface area is 159 Å². The highest BCUT2D eigenvalue weighted by atomic mass is 32.2. The predicted octanol–water partition coefficient (Wildman–Crippen LogP) is 2.72. The largest absolute Gasteiger partial charge is 0.350 e. The first-order chi connectivity index (χ1) is 12.7. The van der Waals surface area contributed by atoms with Crippen molar-refractivity contribution in [2.45, 2.75) is 38.1 Å². The van der Waals surface area contributed by atoms with Crippen LogP contribution in [-0.4, -0.2) is 31.1 Å². The number of rotatable bonds is 5. The number of nitrogens with zero attached hydrogens (tertiary/aromatic N) is 1. The maximum atomic E-state index is 12.5. The number of benzene rings is 2. The minimum atomic E-state index is -3.88. The monoisotopic (exact) mass is 386 g/mol. The molecule has 0 aliphatic carbocycles. The molecule has 0 spiro atoms. The summed E-state index contributed by atoms with van der Waals surface area (Å²) in [5.41, 5.74) is 3.38. The number of carbonyl (C=O) groups is 2. The summed E-state index contributed by atoms with van der Waals surface area (Å²) in [6.45, 7) is 5.69. The molecule has 27 heavy (non-hydrogen) atoms. The molecule has 3 rings (SSSR count). The quantitative estimate of drug-likeness (QED) is 0.856. The predicted molar refractivity (Wildman–Crippen MR) is 102 cm³/mol. The van der Waals surface area contributed by atoms with Gasteiger partial charge in [0.25, 0.3) is 15.9 Å². The second-order valence-electron chi connectivity index (χ2n) is 6.78. The van der Waals surface area contributed by atoms with Crippen LogP contribution in [0, 0.1) is 13.8 Å². The van der Waals surface area contributed by atoms with E-state index in [0.29, 0.717) is 0 Å². The van der Waals surface area contributed by atoms with Crippen molar-refractivity contribution in [2.24, 2.45) is 0 Å². The van der Waals surface area contributed by atoms with Crippen LogP contribution < -0.4 is 5.32 Å². The first-order valence-electron chi connectivity index (χ1n) is 8.74. The van der Waals surface area contributed by atoms with E-state index >= 15 is 0 Å². The first kappa shape index (κ1) is 19.1. The van der Waals surface area contributed by atoms with Gasteiger partial charge in [-0.3, -0.25) is 9.59 Å². The zero-order chi connectivity index (χ0) is 19.8. The fraction of sp³-hybridized carbons (Fsp3) is 0.300. The third-order valence-electron chi connectivity index (χ3n) is 4.72. The smallest absolute Gasteiger partial charge is 0.269 e. The highest BCUT2D eigenvalue weighted by molar-refractivity contribution is 7.90. The van der Waals surface area contributed by atoms with E-state index < -0.39 is 15.9 Å². The van der Waals surface area contributed by atoms with Gasteiger partial charge in [-0.25, -0.2) is 12.7 Å². The Morgan fingerprint density at radius 2 is 1.85 bits per heavy atom. The molecule has 2 amide bonds. The molecule has 7 heteroatoms. The van der Waals surface area contributed by atoms with Gasteiger partial charge in [0.1, 0.15) is 4.90 Å². The maximum absolute atomic E-state index is 12.5. The molecule has 0 saturated carbocycles. The van der Waals surface area contributed by atoms with Crippen molar-refractivity contribution < 1.29 is 18.0 Å². The number of hydrogen-bond donors (Lipinski definition) is 1. The standard InChI is InChI=1S/C20H22N2O4S/c1-13-8-9-16(14(2)12-13)15(3)21-19(23)10-11-22-20(24)17-6-4-5-7-18(17)27(22,25)26/h4-9,12,15H,10-11H2,1-3H3,(H,21,23). The van der Waals surface area contributed by atoms with E-state index in [1.54, 1.807) is 12.1 Å². The molecule has 1 heterocycles. The summed E-state index contributed by atoms with van der Waals surface area (Å²) in [5.74, 6) is -0.887. The van der Waals surface area contributed by atoms with Crippen LogP contribution in [0.3, 0.4) is 0 Å². The second kappa shape index (κ2) is 7.15. The highest BCUT2D eigenvalue weighted by Gasteiger charge is 2.40. The summed E-state index contributed by atoms with van der Waals surface area (Å²) in [6.07, 6.45) is -0.0891. The average molecular weight is 386 g/mol. The number of carbonyl (C=O) groups excluding carboxylic acids is 2. The Bertz CT molecular complexity index is 1010. The lowest BCUT2D eigenvalue weighted by Crippen LogP contribution is -2.35. The molecule has 0 fully saturated rings. The highest BCUT2D eigenvalue weighted by Crippen LogP contribution is 2.29. The zero-order valence-electron chi connectivity index (χ0n) is 15.5. The molecule has 0 bridgehead atoms. The van der Waals surface area contributed by atoms with Crippen molar-refractivity contribution in [2.75, 3.05) is 6.54 Å². The summed E-state index contributed by atoms with van der Waals surface area (Å²) < 4.78 is 25.8. The molecular formula is C20H22N2O4S. The van der Waals surface area contributed by atoms with Gasteiger partial charge in [0.2, 0.25) is 5.91 Å². The van der Waals surface area contributed by atoms with Gasteiger partial charge in [-0.15, -0.1) is 0 Å². The molecular weight excluding hydrogens is 364 g/mol. The van der Waals surface area contributed by atoms with E-state index in [1.165, 1.54) is 12.1 Å². The van der Waals surface area contributed by atoms with Crippen molar-refractivity contribution in [3.63, 3.8) is 0 Å². The van der Waals surface area contributed by atoms with Gasteiger partial charge in [-0.05, 0) is 44.0 Å². The summed E-state index contributed by atoms with van der Waals surface area (Å²) in [5, 5.41) is 2.87. The molecule has 1 unspecified atom stereocenters. The molecule has 2 aromatic rings. The molecule has 1 aliphatic rings. The summed E-state index contributed by atoms with van der Waals surface area (Å²) in [4.78, 5) is 24.7. The van der Waals surface area contributed by atoms with E-state index in [1.807, 2.05) is 39.0 Å². The lowest BCUT2D eigenvalue weighted by atomic mass is 10.0. The third-order valence-corrected chi connectivity index (χ3v) is 6.56. The minimum absolute atomic E-state index is 0.000874. The van der Waals surface area contributed by atoms with Crippen molar-refractivity contribution in [1.82, 2.24) is 9.62 Å². The van der Waals surface area contributed by atoms with Crippen molar-refractivity contribution in [3.8, 4) is 0 Å². The lowest BCUT2D eigenvalue weighted by Gasteiger charge is -2.19. The van der Waals surface area contributed by atoms with Crippen LogP contribution in [0.5, 0.6) is 0 Å². The Morgan fingerprint density at radius 3 is 2.52 bits per heavy atom. The summed E-state index contributed by atoms with van der Waals surface area (Å²) >= 11 is 0. The fourth-order valence-corrected chi connectivity index (χ4v) is 4.93. The molecule has 1 N–H and O–H groups in total. The minimum Gasteiger partial charge on any atom is -0.350 e. The van der Waals surface area contributed by atoms with E-state index in [-0.39, 0.29) is 35.4 Å². The van der Waals surface area contributed by atoms with Crippen LogP contribution in [0.1, 0.15) is 46.4 Å². The number of amides is 2. The second-order valence-corrected chi connectivity index (χ2v) is 8.61. The van der Waals surface area contributed by atoms with Crippen LogP contribution in [-0.2, 0) is 14.8 Å². The van der Waals surface area contributed by atoms with Gasteiger partial charge >= 0.3 is 0 Å². The molecule has 1 atom stereocenters. The lowest BCUT2D eigenvalue weighted by molar-refractivity contribution is -0.121. The van der Waals surface area contributed by atoms with Crippen LogP contribution in [0.2, 0.25) is 0 Å². The number of aryl methyl sites for hydroxylation is 2. The van der Waals surface area contributed by atoms with Crippen LogP contribution in [0.15, 0.2) is 47.4 Å². The Morgan fingerprint density at radius 1 is 1.15 bits per heavy atom. The fourth-order valence-electron chi connectivity index (χ4n) is 3.36. The number of nitrogens with one attached hydrogen (secondary N) is 1. The van der Waals surface area contributed by atoms with Gasteiger partial charge in [-0.2, -0.15) is 0 Å². The molecule has 142 valence electrons. The molecule has 0 saturated heterocycles. The molecule has 0 aromatic heterocycles. The first-order valence-corrected chi connectivity index (χ1v) is 10.2. The van der Waals surface area contributed by atoms with E-state index in [2.05, 4.69) is 5.32 Å². The molecule has 0 radical (unpaired) electrons. The van der Waals surface area contributed by atoms with E-state index in [0.717, 1.165) is 21.0 Å². The van der Waals surface area contributed by atoms with Crippen molar-refractivity contribution in [1.29, 1.82) is 0 Å². The van der Waals surface area contributed by atoms with E-state index in [9.17, 15) is 18.0 Å². The van der Waals surface area contributed by atoms with Crippen molar-refractivity contribution >= 4 is 21.8 Å². The normalized spacial score (nSPS) is 16.1. The SMILES string of the molecule is Cc1ccc(C(C)NC(=O)CCN2C(=O)c3ccccc3S2(=O)=O)c(C)c1. The van der Waals surface area contributed by atoms with Gasteiger partial charge in [-0.1, -0.05) is 35.9 Å². The Balaban J connectivity index is 1.65. The molecule has 1 aliphatic heterocycles. The number of sulfonamides is 1. The van der Waals surface area contributed by atoms with Gasteiger partial charge in [0, 0.05) is 13.0 Å². The van der Waals surface area contributed by atoms with Crippen LogP contribution in [0.4, 0.5) is 0 Å². The topological polar surface area (TPSA) is 83.6 Å². The zero-order valence-corrected chi connectivity index (χ0v) is 16.3. The van der Waals surface area contributed by atoms with E-state index in [4.69, 9.17) is 0 Å². The van der Waals surface area contributed by atoms with Crippen LogP contribution in [0.25, 0.3) is 0 Å². The molecule has 6 nitrogen and oxygen atoms in total. The van der Waals surface area contributed by atoms with Gasteiger partial charge < -0.3 is 5.32 Å². The number of hydrogen-bond acceptors (Lipinski definition) is 4. The van der Waals surface area contributed by atoms with Gasteiger partial charge in [0.05, 0.1) is 11.6 Å². The maximum Gasteiger partial charge on any atom is 0.269 e. The molecule has 2 aromatic carbocycles. The summed E-state index contributed by atoms with van der Waals surface area (Å²) in [7, 11) is -3.88. The number of fused-ring (bicyclic) bond motifs is 1. The Hall–Kier alpha value is -2.67. The Kier molecular flexibility index (Phi) is 5.06. The van der Waals surface area contributed by atoms with Crippen molar-refractivity contribution in [3.05, 3.63) is 64.7 Å².